The first-order valence-electron chi connectivity index (χ1n) is 7.56. The molecule has 2 aromatic rings. The second-order valence-electron chi connectivity index (χ2n) is 5.82. The molecular weight excluding hydrogens is 332 g/mol. The Morgan fingerprint density at radius 3 is 2.54 bits per heavy atom. The molecule has 0 saturated carbocycles. The number of benzene rings is 2. The first-order valence-corrected chi connectivity index (χ1v) is 9.00. The van der Waals surface area contributed by atoms with Gasteiger partial charge in [0.2, 0.25) is 10.0 Å². The van der Waals surface area contributed by atoms with Crippen molar-refractivity contribution in [2.24, 2.45) is 0 Å². The molecule has 0 fully saturated rings. The van der Waals surface area contributed by atoms with Crippen LogP contribution < -0.4 is 0 Å². The number of hydrogen-bond donors (Lipinski definition) is 0. The molecule has 0 heterocycles. The zero-order valence-corrected chi connectivity index (χ0v) is 14.0. The number of halogens is 2. The van der Waals surface area contributed by atoms with E-state index in [9.17, 15) is 17.2 Å². The van der Waals surface area contributed by atoms with Crippen molar-refractivity contribution < 1.29 is 17.2 Å². The van der Waals surface area contributed by atoms with Gasteiger partial charge in [0, 0.05) is 13.6 Å². The Kier molecular flexibility index (Phi) is 4.51. The Morgan fingerprint density at radius 2 is 1.79 bits per heavy atom. The van der Waals surface area contributed by atoms with Gasteiger partial charge in [-0.15, -0.1) is 0 Å². The van der Waals surface area contributed by atoms with E-state index in [1.807, 2.05) is 24.3 Å². The Balaban J connectivity index is 1.85. The van der Waals surface area contributed by atoms with Crippen LogP contribution in [0.2, 0.25) is 0 Å². The largest absolute Gasteiger partial charge is 0.239 e. The summed E-state index contributed by atoms with van der Waals surface area (Å²) in [5.74, 6) is -1.93. The van der Waals surface area contributed by atoms with Gasteiger partial charge in [0.15, 0.2) is 11.6 Å². The lowest BCUT2D eigenvalue weighted by Gasteiger charge is -2.22. The highest BCUT2D eigenvalue weighted by atomic mass is 32.2. The minimum atomic E-state index is -3.65. The summed E-state index contributed by atoms with van der Waals surface area (Å²) in [6.45, 7) is -0.0154. The SMILES string of the molecule is CN(Cc1ccc(F)c(F)c1)S(=O)(=O)C1=Cc2ccccc2CC1. The molecule has 2 aromatic carbocycles. The van der Waals surface area contributed by atoms with Crippen molar-refractivity contribution in [1.82, 2.24) is 4.31 Å². The molecule has 1 aliphatic rings. The smallest absolute Gasteiger partial charge is 0.207 e. The van der Waals surface area contributed by atoms with Crippen molar-refractivity contribution in [2.75, 3.05) is 7.05 Å². The zero-order valence-electron chi connectivity index (χ0n) is 13.2. The monoisotopic (exact) mass is 349 g/mol. The minimum absolute atomic E-state index is 0.0154. The molecule has 1 aliphatic carbocycles. The predicted molar refractivity (Wildman–Crippen MR) is 89.5 cm³/mol. The van der Waals surface area contributed by atoms with E-state index in [1.165, 1.54) is 17.4 Å². The number of sulfonamides is 1. The second kappa shape index (κ2) is 6.45. The molecule has 126 valence electrons. The molecule has 0 spiro atoms. The van der Waals surface area contributed by atoms with E-state index in [1.54, 1.807) is 6.08 Å². The maximum Gasteiger partial charge on any atom is 0.239 e. The third-order valence-corrected chi connectivity index (χ3v) is 6.08. The van der Waals surface area contributed by atoms with E-state index >= 15 is 0 Å². The third-order valence-electron chi connectivity index (χ3n) is 4.14. The first kappa shape index (κ1) is 16.8. The van der Waals surface area contributed by atoms with Gasteiger partial charge < -0.3 is 0 Å². The van der Waals surface area contributed by atoms with Crippen LogP contribution in [0.4, 0.5) is 8.78 Å². The molecule has 0 unspecified atom stereocenters. The average molecular weight is 349 g/mol. The fourth-order valence-corrected chi connectivity index (χ4v) is 4.15. The second-order valence-corrected chi connectivity index (χ2v) is 7.92. The predicted octanol–water partition coefficient (Wildman–Crippen LogP) is 3.71. The summed E-state index contributed by atoms with van der Waals surface area (Å²) >= 11 is 0. The Morgan fingerprint density at radius 1 is 1.04 bits per heavy atom. The number of allylic oxidation sites excluding steroid dienone is 1. The lowest BCUT2D eigenvalue weighted by molar-refractivity contribution is 0.466. The summed E-state index contributed by atoms with van der Waals surface area (Å²) in [4.78, 5) is 0.339. The molecule has 3 nitrogen and oxygen atoms in total. The summed E-state index contributed by atoms with van der Waals surface area (Å²) < 4.78 is 52.9. The third kappa shape index (κ3) is 3.25. The Bertz CT molecular complexity index is 907. The maximum atomic E-state index is 13.3. The van der Waals surface area contributed by atoms with Gasteiger partial charge in [0.25, 0.3) is 0 Å². The lowest BCUT2D eigenvalue weighted by atomic mass is 9.98. The van der Waals surface area contributed by atoms with Crippen LogP contribution in [0.15, 0.2) is 47.4 Å². The van der Waals surface area contributed by atoms with Crippen LogP contribution in [0, 0.1) is 11.6 Å². The van der Waals surface area contributed by atoms with Crippen LogP contribution in [0.5, 0.6) is 0 Å². The molecule has 0 radical (unpaired) electrons. The topological polar surface area (TPSA) is 37.4 Å². The van der Waals surface area contributed by atoms with E-state index < -0.39 is 21.7 Å². The molecule has 0 saturated heterocycles. The molecule has 0 atom stereocenters. The normalized spacial score (nSPS) is 14.4. The van der Waals surface area contributed by atoms with Crippen LogP contribution >= 0.6 is 0 Å². The number of rotatable bonds is 4. The van der Waals surface area contributed by atoms with Crippen LogP contribution in [0.1, 0.15) is 23.1 Å². The van der Waals surface area contributed by atoms with Gasteiger partial charge in [-0.3, -0.25) is 0 Å². The van der Waals surface area contributed by atoms with Crippen molar-refractivity contribution in [2.45, 2.75) is 19.4 Å². The Hall–Kier alpha value is -2.05. The van der Waals surface area contributed by atoms with Gasteiger partial charge in [0.1, 0.15) is 0 Å². The van der Waals surface area contributed by atoms with Crippen molar-refractivity contribution in [3.63, 3.8) is 0 Å². The summed E-state index contributed by atoms with van der Waals surface area (Å²) in [7, 11) is -2.21. The number of hydrogen-bond acceptors (Lipinski definition) is 2. The van der Waals surface area contributed by atoms with E-state index in [0.29, 0.717) is 23.3 Å². The van der Waals surface area contributed by atoms with E-state index in [4.69, 9.17) is 0 Å². The zero-order chi connectivity index (χ0) is 17.3. The van der Waals surface area contributed by atoms with Crippen LogP contribution in [-0.4, -0.2) is 19.8 Å². The van der Waals surface area contributed by atoms with Gasteiger partial charge in [-0.25, -0.2) is 17.2 Å². The van der Waals surface area contributed by atoms with Gasteiger partial charge in [-0.05, 0) is 47.7 Å². The molecule has 0 amide bonds. The minimum Gasteiger partial charge on any atom is -0.207 e. The van der Waals surface area contributed by atoms with Crippen molar-refractivity contribution in [1.29, 1.82) is 0 Å². The number of fused-ring (bicyclic) bond motifs is 1. The van der Waals surface area contributed by atoms with Crippen LogP contribution in [0.3, 0.4) is 0 Å². The highest BCUT2D eigenvalue weighted by molar-refractivity contribution is 7.93. The fourth-order valence-electron chi connectivity index (χ4n) is 2.79. The molecule has 0 aliphatic heterocycles. The van der Waals surface area contributed by atoms with Gasteiger partial charge in [-0.1, -0.05) is 30.3 Å². The Labute approximate surface area is 140 Å². The summed E-state index contributed by atoms with van der Waals surface area (Å²) in [5.41, 5.74) is 2.43. The molecule has 0 bridgehead atoms. The van der Waals surface area contributed by atoms with E-state index in [2.05, 4.69) is 0 Å². The van der Waals surface area contributed by atoms with Gasteiger partial charge in [0.05, 0.1) is 4.91 Å². The maximum absolute atomic E-state index is 13.3. The average Bonchev–Trinajstić information content (AvgIpc) is 2.57. The fraction of sp³-hybridized carbons (Fsp3) is 0.222. The molecular formula is C18H17F2NO2S. The highest BCUT2D eigenvalue weighted by Gasteiger charge is 2.26. The van der Waals surface area contributed by atoms with Gasteiger partial charge >= 0.3 is 0 Å². The van der Waals surface area contributed by atoms with Crippen molar-refractivity contribution >= 4 is 16.1 Å². The molecule has 24 heavy (non-hydrogen) atoms. The molecule has 0 aromatic heterocycles. The molecule has 0 N–H and O–H groups in total. The highest BCUT2D eigenvalue weighted by Crippen LogP contribution is 2.29. The summed E-state index contributed by atoms with van der Waals surface area (Å²) in [5, 5.41) is 0. The van der Waals surface area contributed by atoms with E-state index in [0.717, 1.165) is 23.3 Å². The number of nitrogens with zero attached hydrogens (tertiary/aromatic N) is 1. The molecule has 3 rings (SSSR count). The number of aryl methyl sites for hydroxylation is 1. The van der Waals surface area contributed by atoms with Crippen molar-refractivity contribution in [3.8, 4) is 0 Å². The summed E-state index contributed by atoms with van der Waals surface area (Å²) in [6, 6.07) is 11.1. The quantitative estimate of drug-likeness (QED) is 0.844. The van der Waals surface area contributed by atoms with Crippen LogP contribution in [-0.2, 0) is 23.0 Å². The van der Waals surface area contributed by atoms with Crippen LogP contribution in [0.25, 0.3) is 6.08 Å². The first-order chi connectivity index (χ1) is 11.4. The standard InChI is InChI=1S/C18H17F2NO2S/c1-21(12-13-6-9-17(19)18(20)10-13)24(22,23)16-8-7-14-4-2-3-5-15(14)11-16/h2-6,9-11H,7-8,12H2,1H3. The molecule has 6 heteroatoms. The summed E-state index contributed by atoms with van der Waals surface area (Å²) in [6.07, 6.45) is 2.79. The van der Waals surface area contributed by atoms with Crippen molar-refractivity contribution in [3.05, 3.63) is 75.7 Å². The van der Waals surface area contributed by atoms with E-state index in [-0.39, 0.29) is 6.54 Å². The van der Waals surface area contributed by atoms with Gasteiger partial charge in [-0.2, -0.15) is 4.31 Å². The lowest BCUT2D eigenvalue weighted by Crippen LogP contribution is -2.28.